The number of pyridine rings is 2. The van der Waals surface area contributed by atoms with Crippen molar-refractivity contribution in [1.29, 1.82) is 0 Å². The van der Waals surface area contributed by atoms with Gasteiger partial charge in [-0.05, 0) is 105 Å². The zero-order valence-corrected chi connectivity index (χ0v) is 39.3. The van der Waals surface area contributed by atoms with Crippen LogP contribution in [0.25, 0.3) is 66.4 Å². The van der Waals surface area contributed by atoms with Gasteiger partial charge in [0.2, 0.25) is 11.8 Å². The van der Waals surface area contributed by atoms with Gasteiger partial charge in [0.25, 0.3) is 0 Å². The molecule has 0 fully saturated rings. The Bertz CT molecular complexity index is 3480. The van der Waals surface area contributed by atoms with Gasteiger partial charge in [-0.25, -0.2) is 14.6 Å². The van der Waals surface area contributed by atoms with E-state index in [1.165, 1.54) is 10.8 Å². The van der Waals surface area contributed by atoms with E-state index in [9.17, 15) is 0 Å². The van der Waals surface area contributed by atoms with Crippen LogP contribution in [0.1, 0.15) is 22.8 Å². The average Bonchev–Trinajstić information content (AvgIpc) is 4.08. The first-order valence-electron chi connectivity index (χ1n) is 21.7. The Hall–Kier alpha value is -8.07. The molecule has 67 heavy (non-hydrogen) atoms. The number of hydrogen-bond donors (Lipinski definition) is 0. The van der Waals surface area contributed by atoms with Gasteiger partial charge in [-0.15, -0.1) is 35.7 Å². The number of para-hydroxylation sites is 2. The van der Waals surface area contributed by atoms with Crippen molar-refractivity contribution in [2.75, 3.05) is 0 Å². The second kappa shape index (κ2) is 18.1. The Labute approximate surface area is 401 Å². The van der Waals surface area contributed by atoms with Gasteiger partial charge < -0.3 is 18.6 Å². The fraction of sp³-hybridized carbons (Fsp3) is 0.0714. The fourth-order valence-corrected chi connectivity index (χ4v) is 8.75. The third-order valence-corrected chi connectivity index (χ3v) is 11.5. The van der Waals surface area contributed by atoms with Gasteiger partial charge in [0.05, 0.1) is 28.1 Å². The smallest absolute Gasteiger partial charge is 0.466 e. The molecule has 10 nitrogen and oxygen atoms in total. The van der Waals surface area contributed by atoms with Gasteiger partial charge >= 0.3 is 21.1 Å². The molecule has 0 aliphatic rings. The van der Waals surface area contributed by atoms with E-state index in [-0.39, 0.29) is 21.1 Å². The van der Waals surface area contributed by atoms with E-state index in [1.807, 2.05) is 89.9 Å². The molecule has 0 saturated carbocycles. The standard InChI is InChI=1S/C28H22N4O.C28H20N4O.Pt/c2*1-19-16-20(2)32(30-19)22-9-7-8-21(17-22)31-26-11-4-3-10-24(26)25-14-13-23(18-27(25)31)33-28-12-5-6-15-29-28;/h3-18H,1-2H3;3-16H,1-2H3;/q;-2;+2. The van der Waals surface area contributed by atoms with Crippen LogP contribution in [0, 0.1) is 39.8 Å². The monoisotopic (exact) mass is 1050 g/mol. The molecule has 11 heteroatoms. The molecule has 0 radical (unpaired) electrons. The molecule has 0 aliphatic carbocycles. The first-order valence-corrected chi connectivity index (χ1v) is 21.7. The normalized spacial score (nSPS) is 11.2. The summed E-state index contributed by atoms with van der Waals surface area (Å²) in [5.41, 5.74) is 12.3. The van der Waals surface area contributed by atoms with Crippen LogP contribution in [0.4, 0.5) is 0 Å². The van der Waals surface area contributed by atoms with Gasteiger partial charge in [0, 0.05) is 69.7 Å². The minimum atomic E-state index is 0. The van der Waals surface area contributed by atoms with Crippen LogP contribution in [0.5, 0.6) is 23.3 Å². The third-order valence-electron chi connectivity index (χ3n) is 11.5. The van der Waals surface area contributed by atoms with Crippen molar-refractivity contribution in [3.63, 3.8) is 0 Å². The summed E-state index contributed by atoms with van der Waals surface area (Å²) in [5, 5.41) is 13.9. The Kier molecular flexibility index (Phi) is 11.6. The maximum absolute atomic E-state index is 6.05. The molecule has 6 heterocycles. The summed E-state index contributed by atoms with van der Waals surface area (Å²) in [7, 11) is 0. The van der Waals surface area contributed by atoms with Crippen LogP contribution in [0.2, 0.25) is 0 Å². The van der Waals surface area contributed by atoms with Gasteiger partial charge in [0.15, 0.2) is 0 Å². The van der Waals surface area contributed by atoms with Crippen molar-refractivity contribution in [3.8, 4) is 46.0 Å². The molecule has 0 bridgehead atoms. The number of ether oxygens (including phenoxy) is 2. The van der Waals surface area contributed by atoms with Crippen LogP contribution < -0.4 is 9.47 Å². The van der Waals surface area contributed by atoms with Crippen molar-refractivity contribution in [3.05, 3.63) is 217 Å². The summed E-state index contributed by atoms with van der Waals surface area (Å²) in [6, 6.07) is 64.1. The number of aryl methyl sites for hydroxylation is 4. The topological polar surface area (TPSA) is 89.7 Å². The summed E-state index contributed by atoms with van der Waals surface area (Å²) in [4.78, 5) is 8.56. The largest absolute Gasteiger partial charge is 2.00 e. The third kappa shape index (κ3) is 8.28. The minimum Gasteiger partial charge on any atom is -0.466 e. The zero-order valence-electron chi connectivity index (χ0n) is 37.0. The van der Waals surface area contributed by atoms with Crippen LogP contribution in [-0.4, -0.2) is 38.7 Å². The van der Waals surface area contributed by atoms with E-state index in [2.05, 4.69) is 158 Å². The number of benzene rings is 6. The summed E-state index contributed by atoms with van der Waals surface area (Å²) >= 11 is 0. The van der Waals surface area contributed by atoms with E-state index >= 15 is 0 Å². The first-order chi connectivity index (χ1) is 32.3. The summed E-state index contributed by atoms with van der Waals surface area (Å²) in [6.45, 7) is 8.15. The molecule has 328 valence electrons. The molecular formula is C56H42N8O2Pt. The van der Waals surface area contributed by atoms with Crippen molar-refractivity contribution in [2.45, 2.75) is 27.7 Å². The SMILES string of the molecule is Cc1cc(C)n(-c2[c-]c(-n3c4[c-]c(Oc5ccccn5)ccc4c4ccccc43)ccc2)n1.Cc1cc(C)n(-c2cccc(-n3c4ccccc4c4ccc(Oc5ccccn5)cc43)c2)n1.[Pt+2]. The van der Waals surface area contributed by atoms with Crippen molar-refractivity contribution < 1.29 is 30.5 Å². The van der Waals surface area contributed by atoms with Crippen LogP contribution in [0.3, 0.4) is 0 Å². The molecule has 0 aliphatic heterocycles. The average molecular weight is 1050 g/mol. The van der Waals surface area contributed by atoms with E-state index in [0.29, 0.717) is 17.5 Å². The molecule has 0 saturated heterocycles. The number of hydrogen-bond acceptors (Lipinski definition) is 6. The van der Waals surface area contributed by atoms with Crippen molar-refractivity contribution in [1.82, 2.24) is 38.7 Å². The quantitative estimate of drug-likeness (QED) is 0.141. The fourth-order valence-electron chi connectivity index (χ4n) is 8.75. The Morgan fingerprint density at radius 1 is 0.433 bits per heavy atom. The van der Waals surface area contributed by atoms with E-state index < -0.39 is 0 Å². The van der Waals surface area contributed by atoms with Crippen LogP contribution in [0.15, 0.2) is 182 Å². The molecule has 6 aromatic carbocycles. The maximum atomic E-state index is 6.05. The summed E-state index contributed by atoms with van der Waals surface area (Å²) in [6.07, 6.45) is 3.44. The number of nitrogens with zero attached hydrogens (tertiary/aromatic N) is 8. The van der Waals surface area contributed by atoms with Gasteiger partial charge in [-0.2, -0.15) is 22.3 Å². The Morgan fingerprint density at radius 3 is 1.70 bits per heavy atom. The predicted octanol–water partition coefficient (Wildman–Crippen LogP) is 13.1. The van der Waals surface area contributed by atoms with E-state index in [4.69, 9.17) is 9.47 Å². The molecule has 12 rings (SSSR count). The van der Waals surface area contributed by atoms with E-state index in [1.54, 1.807) is 12.4 Å². The number of aromatic nitrogens is 8. The maximum Gasteiger partial charge on any atom is 2.00 e. The Balaban J connectivity index is 0.000000154. The minimum absolute atomic E-state index is 0. The number of rotatable bonds is 8. The number of fused-ring (bicyclic) bond motifs is 6. The summed E-state index contributed by atoms with van der Waals surface area (Å²) in [5.74, 6) is 2.47. The molecule has 6 aromatic heterocycles. The molecule has 0 spiro atoms. The second-order valence-corrected chi connectivity index (χ2v) is 16.1. The predicted molar refractivity (Wildman–Crippen MR) is 261 cm³/mol. The molecule has 0 N–H and O–H groups in total. The molecule has 0 unspecified atom stereocenters. The second-order valence-electron chi connectivity index (χ2n) is 16.1. The zero-order chi connectivity index (χ0) is 44.7. The van der Waals surface area contributed by atoms with Gasteiger partial charge in [-0.3, -0.25) is 4.68 Å². The summed E-state index contributed by atoms with van der Waals surface area (Å²) < 4.78 is 20.4. The van der Waals surface area contributed by atoms with Crippen LogP contribution in [-0.2, 0) is 21.1 Å². The first kappa shape index (κ1) is 42.9. The van der Waals surface area contributed by atoms with E-state index in [0.717, 1.165) is 84.1 Å². The molecule has 12 aromatic rings. The van der Waals surface area contributed by atoms with Crippen molar-refractivity contribution in [2.24, 2.45) is 0 Å². The molecule has 0 amide bonds. The van der Waals surface area contributed by atoms with Gasteiger partial charge in [0.1, 0.15) is 5.75 Å². The van der Waals surface area contributed by atoms with Crippen molar-refractivity contribution >= 4 is 43.6 Å². The van der Waals surface area contributed by atoms with Gasteiger partial charge in [-0.1, -0.05) is 65.8 Å². The van der Waals surface area contributed by atoms with Crippen LogP contribution >= 0.6 is 0 Å². The Morgan fingerprint density at radius 2 is 1.01 bits per heavy atom. The molecular weight excluding hydrogens is 1010 g/mol. The molecule has 0 atom stereocenters.